The number of ether oxygens (including phenoxy) is 1. The van der Waals surface area contributed by atoms with E-state index in [0.717, 1.165) is 18.7 Å². The van der Waals surface area contributed by atoms with Gasteiger partial charge in [0.05, 0.1) is 29.0 Å². The van der Waals surface area contributed by atoms with E-state index in [-0.39, 0.29) is 17.3 Å². The third kappa shape index (κ3) is 3.79. The summed E-state index contributed by atoms with van der Waals surface area (Å²) in [6.07, 6.45) is 2.26. The first kappa shape index (κ1) is 18.2. The summed E-state index contributed by atoms with van der Waals surface area (Å²) in [6, 6.07) is 4.05. The number of amides is 1. The third-order valence-corrected chi connectivity index (χ3v) is 5.25. The summed E-state index contributed by atoms with van der Waals surface area (Å²) in [5, 5.41) is 22.2. The Hall–Kier alpha value is -2.62. The molecule has 1 fully saturated rings. The van der Waals surface area contributed by atoms with E-state index in [0.29, 0.717) is 16.8 Å². The highest BCUT2D eigenvalue weighted by Gasteiger charge is 2.30. The van der Waals surface area contributed by atoms with E-state index in [1.165, 1.54) is 37.1 Å². The number of carbonyl (C=O) groups is 1. The van der Waals surface area contributed by atoms with Crippen LogP contribution in [0.2, 0.25) is 0 Å². The number of anilines is 1. The molecule has 1 saturated carbocycles. The first-order valence-electron chi connectivity index (χ1n) is 8.10. The smallest absolute Gasteiger partial charge is 0.273 e. The maximum absolute atomic E-state index is 12.5. The van der Waals surface area contributed by atoms with Crippen LogP contribution < -0.4 is 10.1 Å². The fourth-order valence-electron chi connectivity index (χ4n) is 2.47. The van der Waals surface area contributed by atoms with Crippen LogP contribution in [0.15, 0.2) is 23.4 Å². The molecule has 1 aliphatic rings. The minimum atomic E-state index is -0.516. The molecule has 1 aromatic heterocycles. The summed E-state index contributed by atoms with van der Waals surface area (Å²) in [7, 11) is 3.30. The molecular formula is C16H19N5O4S. The van der Waals surface area contributed by atoms with Crippen LogP contribution in [0.1, 0.15) is 31.5 Å². The number of nitro benzene ring substituents is 1. The fourth-order valence-corrected chi connectivity index (χ4v) is 3.29. The van der Waals surface area contributed by atoms with E-state index in [2.05, 4.69) is 15.5 Å². The normalized spacial score (nSPS) is 14.7. The molecule has 1 aromatic carbocycles. The number of aromatic nitrogens is 3. The van der Waals surface area contributed by atoms with Crippen LogP contribution >= 0.6 is 11.8 Å². The van der Waals surface area contributed by atoms with Gasteiger partial charge < -0.3 is 14.6 Å². The molecule has 1 aliphatic carbocycles. The van der Waals surface area contributed by atoms with E-state index in [4.69, 9.17) is 4.74 Å². The van der Waals surface area contributed by atoms with Crippen LogP contribution in [-0.2, 0) is 11.8 Å². The van der Waals surface area contributed by atoms with Gasteiger partial charge in [0.2, 0.25) is 5.91 Å². The van der Waals surface area contributed by atoms with Crippen LogP contribution in [0.4, 0.5) is 11.4 Å². The quantitative estimate of drug-likeness (QED) is 0.448. The molecule has 0 saturated heterocycles. The predicted octanol–water partition coefficient (Wildman–Crippen LogP) is 2.73. The van der Waals surface area contributed by atoms with Crippen molar-refractivity contribution in [2.24, 2.45) is 7.05 Å². The van der Waals surface area contributed by atoms with E-state index in [1.807, 2.05) is 11.6 Å². The summed E-state index contributed by atoms with van der Waals surface area (Å²) in [5.41, 5.74) is 0.279. The Morgan fingerprint density at radius 1 is 1.46 bits per heavy atom. The van der Waals surface area contributed by atoms with Crippen molar-refractivity contribution in [3.05, 3.63) is 34.1 Å². The van der Waals surface area contributed by atoms with Gasteiger partial charge in [0.25, 0.3) is 5.69 Å². The average Bonchev–Trinajstić information content (AvgIpc) is 3.40. The molecule has 9 nitrogen and oxygen atoms in total. The standard InChI is InChI=1S/C16H19N5O4S/c1-9(26-16-19-18-14(20(16)2)10-4-5-10)15(22)17-12-7-6-11(21(23)24)8-13(12)25-3/h6-10H,4-5H2,1-3H3,(H,17,22)/t9-/m1/s1. The number of nitrogens with one attached hydrogen (secondary N) is 1. The highest BCUT2D eigenvalue weighted by molar-refractivity contribution is 8.00. The van der Waals surface area contributed by atoms with Crippen LogP contribution in [0.3, 0.4) is 0 Å². The summed E-state index contributed by atoms with van der Waals surface area (Å²) in [5.74, 6) is 1.42. The second kappa shape index (κ2) is 7.32. The number of carbonyl (C=O) groups excluding carboxylic acids is 1. The highest BCUT2D eigenvalue weighted by Crippen LogP contribution is 2.40. The lowest BCUT2D eigenvalue weighted by atomic mass is 10.2. The SMILES string of the molecule is COc1cc([N+](=O)[O-])ccc1NC(=O)[C@@H](C)Sc1nnc(C2CC2)n1C. The fraction of sp³-hybridized carbons (Fsp3) is 0.438. The number of rotatable bonds is 7. The highest BCUT2D eigenvalue weighted by atomic mass is 32.2. The number of methoxy groups -OCH3 is 1. The van der Waals surface area contributed by atoms with Gasteiger partial charge in [-0.25, -0.2) is 0 Å². The van der Waals surface area contributed by atoms with E-state index < -0.39 is 10.2 Å². The van der Waals surface area contributed by atoms with Crippen molar-refractivity contribution >= 4 is 29.0 Å². The predicted molar refractivity (Wildman–Crippen MR) is 96.6 cm³/mol. The zero-order chi connectivity index (χ0) is 18.8. The Morgan fingerprint density at radius 2 is 2.19 bits per heavy atom. The first-order valence-corrected chi connectivity index (χ1v) is 8.98. The zero-order valence-electron chi connectivity index (χ0n) is 14.6. The minimum absolute atomic E-state index is 0.103. The molecule has 0 spiro atoms. The summed E-state index contributed by atoms with van der Waals surface area (Å²) in [4.78, 5) is 22.8. The molecule has 0 aliphatic heterocycles. The van der Waals surface area contributed by atoms with Crippen molar-refractivity contribution in [1.82, 2.24) is 14.8 Å². The number of hydrogen-bond acceptors (Lipinski definition) is 7. The molecule has 3 rings (SSSR count). The third-order valence-electron chi connectivity index (χ3n) is 4.12. The van der Waals surface area contributed by atoms with Gasteiger partial charge in [0.1, 0.15) is 11.6 Å². The Labute approximate surface area is 154 Å². The van der Waals surface area contributed by atoms with E-state index in [1.54, 1.807) is 6.92 Å². The molecule has 10 heteroatoms. The van der Waals surface area contributed by atoms with Crippen molar-refractivity contribution in [3.8, 4) is 5.75 Å². The number of nitrogens with zero attached hydrogens (tertiary/aromatic N) is 4. The maximum Gasteiger partial charge on any atom is 0.273 e. The average molecular weight is 377 g/mol. The van der Waals surface area contributed by atoms with E-state index >= 15 is 0 Å². The topological polar surface area (TPSA) is 112 Å². The Bertz CT molecular complexity index is 849. The largest absolute Gasteiger partial charge is 0.494 e. The molecule has 1 amide bonds. The van der Waals surface area contributed by atoms with Crippen molar-refractivity contribution in [3.63, 3.8) is 0 Å². The second-order valence-corrected chi connectivity index (χ2v) is 7.37. The lowest BCUT2D eigenvalue weighted by molar-refractivity contribution is -0.384. The van der Waals surface area contributed by atoms with Gasteiger partial charge in [-0.05, 0) is 25.8 Å². The summed E-state index contributed by atoms with van der Waals surface area (Å²) < 4.78 is 7.07. The van der Waals surface area contributed by atoms with Crippen molar-refractivity contribution in [2.45, 2.75) is 36.1 Å². The molecule has 1 atom stereocenters. The monoisotopic (exact) mass is 377 g/mol. The van der Waals surface area contributed by atoms with Gasteiger partial charge in [-0.1, -0.05) is 11.8 Å². The number of thioether (sulfide) groups is 1. The van der Waals surface area contributed by atoms with Gasteiger partial charge in [-0.2, -0.15) is 0 Å². The lowest BCUT2D eigenvalue weighted by Gasteiger charge is -2.13. The number of nitro groups is 1. The molecule has 1 heterocycles. The van der Waals surface area contributed by atoms with Gasteiger partial charge in [-0.15, -0.1) is 10.2 Å². The van der Waals surface area contributed by atoms with Gasteiger partial charge >= 0.3 is 0 Å². The van der Waals surface area contributed by atoms with Crippen LogP contribution in [0.25, 0.3) is 0 Å². The number of non-ortho nitro benzene ring substituents is 1. The maximum atomic E-state index is 12.5. The molecule has 26 heavy (non-hydrogen) atoms. The van der Waals surface area contributed by atoms with Crippen LogP contribution in [0, 0.1) is 10.1 Å². The van der Waals surface area contributed by atoms with Gasteiger partial charge in [-0.3, -0.25) is 14.9 Å². The molecular weight excluding hydrogens is 358 g/mol. The Balaban J connectivity index is 1.68. The molecule has 0 radical (unpaired) electrons. The minimum Gasteiger partial charge on any atom is -0.494 e. The van der Waals surface area contributed by atoms with Crippen LogP contribution in [-0.4, -0.2) is 38.0 Å². The number of hydrogen-bond donors (Lipinski definition) is 1. The van der Waals surface area contributed by atoms with Crippen LogP contribution in [0.5, 0.6) is 5.75 Å². The Kier molecular flexibility index (Phi) is 5.12. The lowest BCUT2D eigenvalue weighted by Crippen LogP contribution is -2.23. The van der Waals surface area contributed by atoms with Crippen molar-refractivity contribution < 1.29 is 14.5 Å². The second-order valence-electron chi connectivity index (χ2n) is 6.07. The summed E-state index contributed by atoms with van der Waals surface area (Å²) >= 11 is 1.31. The van der Waals surface area contributed by atoms with Crippen molar-refractivity contribution in [2.75, 3.05) is 12.4 Å². The van der Waals surface area contributed by atoms with Gasteiger partial charge in [0.15, 0.2) is 5.16 Å². The zero-order valence-corrected chi connectivity index (χ0v) is 15.4. The molecule has 0 bridgehead atoms. The first-order chi connectivity index (χ1) is 12.4. The molecule has 2 aromatic rings. The number of benzene rings is 1. The molecule has 0 unspecified atom stereocenters. The molecule has 1 N–H and O–H groups in total. The molecule has 138 valence electrons. The Morgan fingerprint density at radius 3 is 2.81 bits per heavy atom. The van der Waals surface area contributed by atoms with E-state index in [9.17, 15) is 14.9 Å². The summed E-state index contributed by atoms with van der Waals surface area (Å²) in [6.45, 7) is 1.77. The van der Waals surface area contributed by atoms with Crippen molar-refractivity contribution in [1.29, 1.82) is 0 Å². The van der Waals surface area contributed by atoms with Gasteiger partial charge in [0, 0.05) is 19.0 Å².